The third-order valence-electron chi connectivity index (χ3n) is 4.52. The van der Waals surface area contributed by atoms with Crippen LogP contribution < -0.4 is 0 Å². The Morgan fingerprint density at radius 2 is 1.85 bits per heavy atom. The van der Waals surface area contributed by atoms with E-state index in [0.29, 0.717) is 12.8 Å². The highest BCUT2D eigenvalue weighted by Crippen LogP contribution is 2.43. The molecule has 1 saturated carbocycles. The maximum Gasteiger partial charge on any atom is 0.306 e. The normalized spacial score (nSPS) is 27.2. The molecular weight excluding hydrogens is 276 g/mol. The third-order valence-corrected chi connectivity index (χ3v) is 7.16. The van der Waals surface area contributed by atoms with Crippen LogP contribution in [-0.4, -0.2) is 30.0 Å². The summed E-state index contributed by atoms with van der Waals surface area (Å²) in [6.07, 6.45) is 2.80. The standard InChI is InChI=1S/C15H28O4S/c1-14(2,3)20(18,19)9-7-11-10-15(4,5)8-6-12(11)13(16)17/h11-12H,6-10H2,1-5H3,(H,16,17). The minimum atomic E-state index is -3.18. The van der Waals surface area contributed by atoms with Gasteiger partial charge in [-0.2, -0.15) is 0 Å². The zero-order valence-corrected chi connectivity index (χ0v) is 14.1. The van der Waals surface area contributed by atoms with Gasteiger partial charge >= 0.3 is 5.97 Å². The molecule has 0 aliphatic heterocycles. The van der Waals surface area contributed by atoms with E-state index in [-0.39, 0.29) is 17.1 Å². The number of carboxylic acid groups (broad SMARTS) is 1. The second-order valence-electron chi connectivity index (χ2n) is 7.83. The first kappa shape index (κ1) is 17.5. The smallest absolute Gasteiger partial charge is 0.306 e. The van der Waals surface area contributed by atoms with Crippen LogP contribution in [0.1, 0.15) is 60.3 Å². The van der Waals surface area contributed by atoms with Gasteiger partial charge in [0.1, 0.15) is 0 Å². The van der Waals surface area contributed by atoms with Crippen molar-refractivity contribution >= 4 is 15.8 Å². The summed E-state index contributed by atoms with van der Waals surface area (Å²) in [7, 11) is -3.18. The Morgan fingerprint density at radius 1 is 1.30 bits per heavy atom. The molecule has 1 N–H and O–H groups in total. The van der Waals surface area contributed by atoms with E-state index in [9.17, 15) is 18.3 Å². The second-order valence-corrected chi connectivity index (χ2v) is 10.7. The third kappa shape index (κ3) is 4.21. The van der Waals surface area contributed by atoms with E-state index in [4.69, 9.17) is 0 Å². The molecule has 5 heteroatoms. The van der Waals surface area contributed by atoms with Gasteiger partial charge in [-0.05, 0) is 57.8 Å². The molecule has 0 aromatic heterocycles. The topological polar surface area (TPSA) is 71.4 Å². The fourth-order valence-electron chi connectivity index (χ4n) is 2.98. The first-order valence-electron chi connectivity index (χ1n) is 7.31. The summed E-state index contributed by atoms with van der Waals surface area (Å²) in [5, 5.41) is 9.32. The van der Waals surface area contributed by atoms with E-state index in [1.54, 1.807) is 20.8 Å². The largest absolute Gasteiger partial charge is 0.481 e. The maximum atomic E-state index is 12.2. The van der Waals surface area contributed by atoms with Crippen molar-refractivity contribution in [1.82, 2.24) is 0 Å². The summed E-state index contributed by atoms with van der Waals surface area (Å²) < 4.78 is 23.6. The molecule has 1 rings (SSSR count). The molecule has 118 valence electrons. The van der Waals surface area contributed by atoms with Gasteiger partial charge in [-0.1, -0.05) is 13.8 Å². The van der Waals surface area contributed by atoms with Gasteiger partial charge in [0.25, 0.3) is 0 Å². The summed E-state index contributed by atoms with van der Waals surface area (Å²) in [4.78, 5) is 11.3. The van der Waals surface area contributed by atoms with E-state index in [0.717, 1.165) is 12.8 Å². The Hall–Kier alpha value is -0.580. The zero-order chi connectivity index (χ0) is 15.8. The number of hydrogen-bond acceptors (Lipinski definition) is 3. The molecule has 0 aromatic rings. The lowest BCUT2D eigenvalue weighted by molar-refractivity contribution is -0.146. The molecule has 20 heavy (non-hydrogen) atoms. The average Bonchev–Trinajstić information content (AvgIpc) is 2.23. The first-order chi connectivity index (χ1) is 8.86. The predicted octanol–water partition coefficient (Wildman–Crippen LogP) is 3.12. The van der Waals surface area contributed by atoms with Gasteiger partial charge in [-0.3, -0.25) is 4.79 Å². The fraction of sp³-hybridized carbons (Fsp3) is 0.933. The lowest BCUT2D eigenvalue weighted by Crippen LogP contribution is -2.37. The van der Waals surface area contributed by atoms with E-state index in [1.165, 1.54) is 0 Å². The molecular formula is C15H28O4S. The molecule has 0 spiro atoms. The van der Waals surface area contributed by atoms with Crippen molar-refractivity contribution in [1.29, 1.82) is 0 Å². The number of aliphatic carboxylic acids is 1. The predicted molar refractivity (Wildman–Crippen MR) is 80.4 cm³/mol. The molecule has 2 unspecified atom stereocenters. The molecule has 1 aliphatic rings. The summed E-state index contributed by atoms with van der Waals surface area (Å²) in [6.45, 7) is 9.36. The van der Waals surface area contributed by atoms with Gasteiger partial charge in [-0.25, -0.2) is 8.42 Å². The minimum Gasteiger partial charge on any atom is -0.481 e. The van der Waals surface area contributed by atoms with Gasteiger partial charge in [0.15, 0.2) is 9.84 Å². The highest BCUT2D eigenvalue weighted by atomic mass is 32.2. The lowest BCUT2D eigenvalue weighted by atomic mass is 9.66. The number of rotatable bonds is 4. The maximum absolute atomic E-state index is 12.2. The van der Waals surface area contributed by atoms with Crippen molar-refractivity contribution in [2.24, 2.45) is 17.3 Å². The summed E-state index contributed by atoms with van der Waals surface area (Å²) in [5.74, 6) is -1.12. The first-order valence-corrected chi connectivity index (χ1v) is 8.96. The van der Waals surface area contributed by atoms with Crippen LogP contribution in [0, 0.1) is 17.3 Å². The van der Waals surface area contributed by atoms with Crippen molar-refractivity contribution in [3.05, 3.63) is 0 Å². The van der Waals surface area contributed by atoms with Gasteiger partial charge in [0.05, 0.1) is 16.4 Å². The van der Waals surface area contributed by atoms with Gasteiger partial charge in [0.2, 0.25) is 0 Å². The molecule has 0 saturated heterocycles. The van der Waals surface area contributed by atoms with E-state index in [1.807, 2.05) is 0 Å². The summed E-state index contributed by atoms with van der Waals surface area (Å²) in [5.41, 5.74) is 0.113. The lowest BCUT2D eigenvalue weighted by Gasteiger charge is -2.39. The summed E-state index contributed by atoms with van der Waals surface area (Å²) in [6, 6.07) is 0. The second kappa shape index (κ2) is 5.66. The monoisotopic (exact) mass is 304 g/mol. The van der Waals surface area contributed by atoms with Crippen molar-refractivity contribution in [3.8, 4) is 0 Å². The molecule has 0 radical (unpaired) electrons. The highest BCUT2D eigenvalue weighted by molar-refractivity contribution is 7.92. The Morgan fingerprint density at radius 3 is 2.30 bits per heavy atom. The van der Waals surface area contributed by atoms with Crippen molar-refractivity contribution in [3.63, 3.8) is 0 Å². The number of carboxylic acids is 1. The SMILES string of the molecule is CC1(C)CCC(C(=O)O)C(CCS(=O)(=O)C(C)(C)C)C1. The molecule has 4 nitrogen and oxygen atoms in total. The van der Waals surface area contributed by atoms with Crippen LogP contribution in [-0.2, 0) is 14.6 Å². The van der Waals surface area contributed by atoms with Gasteiger partial charge < -0.3 is 5.11 Å². The van der Waals surface area contributed by atoms with E-state index >= 15 is 0 Å². The van der Waals surface area contributed by atoms with Crippen LogP contribution in [0.25, 0.3) is 0 Å². The van der Waals surface area contributed by atoms with E-state index < -0.39 is 26.5 Å². The Kier molecular flexibility index (Phi) is 4.95. The molecule has 0 heterocycles. The molecule has 0 amide bonds. The van der Waals surface area contributed by atoms with Gasteiger partial charge in [0, 0.05) is 0 Å². The highest BCUT2D eigenvalue weighted by Gasteiger charge is 2.39. The number of carbonyl (C=O) groups is 1. The van der Waals surface area contributed by atoms with Crippen molar-refractivity contribution in [2.75, 3.05) is 5.75 Å². The van der Waals surface area contributed by atoms with Crippen LogP contribution in [0.3, 0.4) is 0 Å². The fourth-order valence-corrected chi connectivity index (χ4v) is 4.20. The molecule has 0 aromatic carbocycles. The van der Waals surface area contributed by atoms with Crippen LogP contribution in [0.15, 0.2) is 0 Å². The molecule has 1 aliphatic carbocycles. The van der Waals surface area contributed by atoms with Crippen LogP contribution in [0.5, 0.6) is 0 Å². The van der Waals surface area contributed by atoms with Crippen LogP contribution >= 0.6 is 0 Å². The van der Waals surface area contributed by atoms with Crippen molar-refractivity contribution < 1.29 is 18.3 Å². The van der Waals surface area contributed by atoms with Crippen molar-refractivity contribution in [2.45, 2.75) is 65.0 Å². The van der Waals surface area contributed by atoms with Crippen LogP contribution in [0.4, 0.5) is 0 Å². The molecule has 0 bridgehead atoms. The molecule has 2 atom stereocenters. The Balaban J connectivity index is 2.79. The van der Waals surface area contributed by atoms with Crippen LogP contribution in [0.2, 0.25) is 0 Å². The Bertz CT molecular complexity index is 457. The average molecular weight is 304 g/mol. The minimum absolute atomic E-state index is 0.0339. The number of sulfone groups is 1. The Labute approximate surface area is 122 Å². The number of hydrogen-bond donors (Lipinski definition) is 1. The molecule has 1 fully saturated rings. The summed E-state index contributed by atoms with van der Waals surface area (Å²) >= 11 is 0. The zero-order valence-electron chi connectivity index (χ0n) is 13.3. The quantitative estimate of drug-likeness (QED) is 0.866. The van der Waals surface area contributed by atoms with Gasteiger partial charge in [-0.15, -0.1) is 0 Å². The van der Waals surface area contributed by atoms with E-state index in [2.05, 4.69) is 13.8 Å².